The fraction of sp³-hybridized carbons (Fsp3) is 0.478. The number of rotatable bonds is 6. The molecule has 2 rings (SSSR count). The lowest BCUT2D eigenvalue weighted by molar-refractivity contribution is 0.402. The van der Waals surface area contributed by atoms with Crippen molar-refractivity contribution in [3.63, 3.8) is 0 Å². The molecule has 1 heterocycles. The molecule has 0 amide bonds. The molecule has 0 saturated heterocycles. The summed E-state index contributed by atoms with van der Waals surface area (Å²) in [6.07, 6.45) is 2.47. The first kappa shape index (κ1) is 21.1. The molecule has 0 spiro atoms. The minimum Gasteiger partial charge on any atom is -0.354 e. The summed E-state index contributed by atoms with van der Waals surface area (Å²) in [4.78, 5) is 11.1. The van der Waals surface area contributed by atoms with Crippen molar-refractivity contribution in [2.75, 3.05) is 25.0 Å². The molecule has 4 heteroatoms. The van der Waals surface area contributed by atoms with Crippen molar-refractivity contribution < 1.29 is 4.39 Å². The van der Waals surface area contributed by atoms with Gasteiger partial charge in [-0.15, -0.1) is 0 Å². The van der Waals surface area contributed by atoms with Crippen molar-refractivity contribution in [1.29, 1.82) is 0 Å². The Kier molecular flexibility index (Phi) is 6.74. The fourth-order valence-corrected chi connectivity index (χ4v) is 3.36. The van der Waals surface area contributed by atoms with Crippen LogP contribution < -0.4 is 4.90 Å². The number of halogens is 1. The van der Waals surface area contributed by atoms with E-state index in [0.717, 1.165) is 41.3 Å². The number of aryl methyl sites for hydroxylation is 1. The minimum atomic E-state index is -0.138. The van der Waals surface area contributed by atoms with E-state index in [4.69, 9.17) is 0 Å². The molecule has 27 heavy (non-hydrogen) atoms. The number of hydrogen-bond donors (Lipinski definition) is 0. The number of pyridine rings is 1. The lowest BCUT2D eigenvalue weighted by atomic mass is 9.87. The largest absolute Gasteiger partial charge is 0.354 e. The van der Waals surface area contributed by atoms with E-state index in [-0.39, 0.29) is 11.2 Å². The van der Waals surface area contributed by atoms with E-state index in [0.29, 0.717) is 12.0 Å². The maximum absolute atomic E-state index is 15.1. The molecule has 146 valence electrons. The van der Waals surface area contributed by atoms with Gasteiger partial charge in [-0.2, -0.15) is 0 Å². The van der Waals surface area contributed by atoms with Crippen LogP contribution in [-0.2, 0) is 6.42 Å². The van der Waals surface area contributed by atoms with Crippen LogP contribution in [0.1, 0.15) is 45.7 Å². The topological polar surface area (TPSA) is 28.5 Å². The van der Waals surface area contributed by atoms with Gasteiger partial charge in [0, 0.05) is 36.6 Å². The van der Waals surface area contributed by atoms with E-state index >= 15 is 4.39 Å². The second-order valence-electron chi connectivity index (χ2n) is 8.45. The second kappa shape index (κ2) is 8.64. The maximum Gasteiger partial charge on any atom is 0.134 e. The summed E-state index contributed by atoms with van der Waals surface area (Å²) in [6, 6.07) is 7.66. The van der Waals surface area contributed by atoms with Crippen LogP contribution in [0, 0.1) is 18.2 Å². The average Bonchev–Trinajstić information content (AvgIpc) is 2.55. The minimum absolute atomic E-state index is 0.0398. The lowest BCUT2D eigenvalue weighted by Gasteiger charge is -2.21. The number of aromatic nitrogens is 1. The van der Waals surface area contributed by atoms with Gasteiger partial charge in [-0.3, -0.25) is 4.99 Å². The highest BCUT2D eigenvalue weighted by Crippen LogP contribution is 2.30. The molecule has 0 saturated carbocycles. The van der Waals surface area contributed by atoms with Crippen molar-refractivity contribution in [2.24, 2.45) is 10.4 Å². The summed E-state index contributed by atoms with van der Waals surface area (Å²) in [5.74, 6) is 0.760. The third kappa shape index (κ3) is 5.62. The zero-order valence-corrected chi connectivity index (χ0v) is 17.7. The van der Waals surface area contributed by atoms with Crippen LogP contribution in [0.4, 0.5) is 10.2 Å². The zero-order chi connectivity index (χ0) is 20.2. The Morgan fingerprint density at radius 2 is 1.96 bits per heavy atom. The standard InChI is InChI=1S/C23H32FN3/c1-8-25-17(3)15-27(7)22-16(2)12-19(14-26-22)20-11-9-10-18(21(20)24)13-23(4,5)6/h9-12,14H,8,13,15H2,1-7H3. The summed E-state index contributed by atoms with van der Waals surface area (Å²) in [7, 11) is 2.01. The molecule has 0 aliphatic carbocycles. The van der Waals surface area contributed by atoms with Gasteiger partial charge in [0.05, 0.1) is 6.54 Å². The van der Waals surface area contributed by atoms with Gasteiger partial charge in [0.1, 0.15) is 11.6 Å². The van der Waals surface area contributed by atoms with Crippen LogP contribution in [0.5, 0.6) is 0 Å². The smallest absolute Gasteiger partial charge is 0.134 e. The first-order chi connectivity index (χ1) is 12.6. The first-order valence-corrected chi connectivity index (χ1v) is 9.58. The number of anilines is 1. The van der Waals surface area contributed by atoms with E-state index in [2.05, 4.69) is 35.6 Å². The molecule has 0 unspecified atom stereocenters. The molecule has 1 aromatic heterocycles. The van der Waals surface area contributed by atoms with Gasteiger partial charge in [-0.1, -0.05) is 39.0 Å². The molecule has 0 radical (unpaired) electrons. The summed E-state index contributed by atoms with van der Waals surface area (Å²) in [5, 5.41) is 0. The number of aliphatic imine (C=N–C) groups is 1. The van der Waals surface area contributed by atoms with Gasteiger partial charge < -0.3 is 4.90 Å². The van der Waals surface area contributed by atoms with Gasteiger partial charge in [0.25, 0.3) is 0 Å². The average molecular weight is 370 g/mol. The highest BCUT2D eigenvalue weighted by atomic mass is 19.1. The third-order valence-electron chi connectivity index (χ3n) is 4.42. The van der Waals surface area contributed by atoms with Crippen LogP contribution in [0.3, 0.4) is 0 Å². The van der Waals surface area contributed by atoms with E-state index in [9.17, 15) is 0 Å². The Hall–Kier alpha value is -2.23. The molecule has 0 bridgehead atoms. The molecule has 2 aromatic rings. The normalized spacial score (nSPS) is 12.4. The van der Waals surface area contributed by atoms with Crippen LogP contribution in [0.15, 0.2) is 35.5 Å². The van der Waals surface area contributed by atoms with Gasteiger partial charge >= 0.3 is 0 Å². The highest BCUT2D eigenvalue weighted by Gasteiger charge is 2.18. The van der Waals surface area contributed by atoms with Crippen LogP contribution >= 0.6 is 0 Å². The predicted octanol–water partition coefficient (Wildman–Crippen LogP) is 5.70. The number of hydrogen-bond acceptors (Lipinski definition) is 3. The summed E-state index contributed by atoms with van der Waals surface area (Å²) < 4.78 is 15.1. The van der Waals surface area contributed by atoms with Crippen molar-refractivity contribution in [3.8, 4) is 11.1 Å². The second-order valence-corrected chi connectivity index (χ2v) is 8.45. The Morgan fingerprint density at radius 3 is 2.56 bits per heavy atom. The Bertz CT molecular complexity index is 819. The van der Waals surface area contributed by atoms with Crippen LogP contribution in [0.2, 0.25) is 0 Å². The lowest BCUT2D eigenvalue weighted by Crippen LogP contribution is -2.25. The summed E-state index contributed by atoms with van der Waals surface area (Å²) in [6.45, 7) is 14.0. The van der Waals surface area contributed by atoms with Crippen molar-refractivity contribution in [3.05, 3.63) is 47.4 Å². The third-order valence-corrected chi connectivity index (χ3v) is 4.42. The predicted molar refractivity (Wildman–Crippen MR) is 114 cm³/mol. The number of benzene rings is 1. The SMILES string of the molecule is CCN=C(C)CN(C)c1ncc(-c2cccc(CC(C)(C)C)c2F)cc1C. The van der Waals surface area contributed by atoms with Gasteiger partial charge in [-0.05, 0) is 49.8 Å². The monoisotopic (exact) mass is 369 g/mol. The van der Waals surface area contributed by atoms with E-state index in [1.54, 1.807) is 6.20 Å². The van der Waals surface area contributed by atoms with E-state index < -0.39 is 0 Å². The van der Waals surface area contributed by atoms with E-state index in [1.807, 2.05) is 52.1 Å². The molecular weight excluding hydrogens is 337 g/mol. The fourth-order valence-electron chi connectivity index (χ4n) is 3.36. The molecule has 0 aliphatic rings. The Balaban J connectivity index is 2.33. The maximum atomic E-state index is 15.1. The van der Waals surface area contributed by atoms with Gasteiger partial charge in [0.15, 0.2) is 0 Å². The van der Waals surface area contributed by atoms with Crippen molar-refractivity contribution >= 4 is 11.5 Å². The summed E-state index contributed by atoms with van der Waals surface area (Å²) in [5.41, 5.74) is 4.33. The zero-order valence-electron chi connectivity index (χ0n) is 17.7. The van der Waals surface area contributed by atoms with Crippen molar-refractivity contribution in [1.82, 2.24) is 4.98 Å². The van der Waals surface area contributed by atoms with Gasteiger partial charge in [0.2, 0.25) is 0 Å². The Labute approximate surface area is 163 Å². The first-order valence-electron chi connectivity index (χ1n) is 9.58. The molecule has 3 nitrogen and oxygen atoms in total. The van der Waals surface area contributed by atoms with Crippen LogP contribution in [0.25, 0.3) is 11.1 Å². The highest BCUT2D eigenvalue weighted by molar-refractivity contribution is 5.86. The molecular formula is C23H32FN3. The van der Waals surface area contributed by atoms with E-state index in [1.165, 1.54) is 0 Å². The molecule has 1 aromatic carbocycles. The van der Waals surface area contributed by atoms with Crippen molar-refractivity contribution in [2.45, 2.75) is 48.0 Å². The summed E-state index contributed by atoms with van der Waals surface area (Å²) >= 11 is 0. The Morgan fingerprint density at radius 1 is 1.26 bits per heavy atom. The molecule has 0 aliphatic heterocycles. The quantitative estimate of drug-likeness (QED) is 0.611. The molecule has 0 N–H and O–H groups in total. The van der Waals surface area contributed by atoms with Gasteiger partial charge in [-0.25, -0.2) is 9.37 Å². The molecule has 0 fully saturated rings. The molecule has 0 atom stereocenters. The van der Waals surface area contributed by atoms with Crippen LogP contribution in [-0.4, -0.2) is 30.8 Å². The number of nitrogens with zero attached hydrogens (tertiary/aromatic N) is 3.